The van der Waals surface area contributed by atoms with Crippen LogP contribution in [0.2, 0.25) is 0 Å². The zero-order chi connectivity index (χ0) is 36.4. The van der Waals surface area contributed by atoms with Crippen molar-refractivity contribution in [3.8, 4) is 0 Å². The van der Waals surface area contributed by atoms with Crippen molar-refractivity contribution >= 4 is 71.6 Å². The van der Waals surface area contributed by atoms with Crippen LogP contribution in [-0.2, 0) is 46.4 Å². The Hall–Kier alpha value is -3.13. The number of benzene rings is 2. The molecule has 0 saturated carbocycles. The fourth-order valence-corrected chi connectivity index (χ4v) is 8.59. The van der Waals surface area contributed by atoms with Gasteiger partial charge >= 0.3 is 5.97 Å². The van der Waals surface area contributed by atoms with Gasteiger partial charge in [-0.1, -0.05) is 54.5 Å². The van der Waals surface area contributed by atoms with Crippen molar-refractivity contribution < 1.29 is 55.0 Å². The van der Waals surface area contributed by atoms with Gasteiger partial charge in [0.2, 0.25) is 5.52 Å². The van der Waals surface area contributed by atoms with E-state index in [-0.39, 0.29) is 25.8 Å². The largest absolute Gasteiger partial charge is 0.748 e. The van der Waals surface area contributed by atoms with Crippen LogP contribution in [0.1, 0.15) is 62.4 Å². The molecule has 17 heteroatoms. The van der Waals surface area contributed by atoms with Gasteiger partial charge in [0, 0.05) is 64.7 Å². The topological polar surface area (TPSA) is 200 Å². The molecule has 2 heterocycles. The Morgan fingerprint density at radius 1 is 1.00 bits per heavy atom. The van der Waals surface area contributed by atoms with E-state index < -0.39 is 43.1 Å². The van der Waals surface area contributed by atoms with Crippen LogP contribution in [-0.4, -0.2) is 55.1 Å². The second kappa shape index (κ2) is 17.9. The summed E-state index contributed by atoms with van der Waals surface area (Å²) in [5.41, 5.74) is 2.85. The molecule has 2 aromatic carbocycles. The second-order valence-corrected chi connectivity index (χ2v) is 16.8. The van der Waals surface area contributed by atoms with E-state index in [9.17, 15) is 36.0 Å². The van der Waals surface area contributed by atoms with Gasteiger partial charge in [0.15, 0.2) is 6.54 Å². The van der Waals surface area contributed by atoms with Gasteiger partial charge in [-0.25, -0.2) is 16.8 Å². The maximum Gasteiger partial charge on any atom is 0.303 e. The lowest BCUT2D eigenvalue weighted by atomic mass is 9.77. The number of rotatable bonds is 20. The molecule has 1 aliphatic heterocycles. The van der Waals surface area contributed by atoms with Gasteiger partial charge in [-0.2, -0.15) is 8.90 Å². The van der Waals surface area contributed by atoms with Crippen LogP contribution in [0.25, 0.3) is 16.3 Å². The Balaban J connectivity index is 1.67. The highest BCUT2D eigenvalue weighted by atomic mass is 32.2. The Bertz CT molecular complexity index is 1960. The number of carbonyl (C=O) groups is 1. The summed E-state index contributed by atoms with van der Waals surface area (Å²) in [5.74, 6) is -1.85. The lowest BCUT2D eigenvalue weighted by molar-refractivity contribution is -0.777. The van der Waals surface area contributed by atoms with Crippen LogP contribution in [0.4, 0.5) is 5.69 Å². The number of carboxylic acids is 1. The van der Waals surface area contributed by atoms with Crippen molar-refractivity contribution in [3.63, 3.8) is 0 Å². The van der Waals surface area contributed by atoms with Gasteiger partial charge in [0.1, 0.15) is 4.70 Å². The molecule has 13 nitrogen and oxygen atoms in total. The van der Waals surface area contributed by atoms with Gasteiger partial charge in [-0.3, -0.25) is 9.83 Å². The number of allylic oxidation sites excluding steroid dienone is 5. The molecule has 50 heavy (non-hydrogen) atoms. The maximum absolute atomic E-state index is 11.5. The first-order valence-corrected chi connectivity index (χ1v) is 20.5. The molecule has 1 unspecified atom stereocenters. The van der Waals surface area contributed by atoms with Crippen LogP contribution < -0.4 is 14.7 Å². The SMILES string of the molecule is CC1(CCCCCC(=O)O)/C(=C/C=C/C=C/c2sc3ccccc3[n+]2CCCS(=O)(=O)[O-])N(CCCS(=O)(=O)[O-])c2ccc(SOO[O-])cc21. The molecule has 272 valence electrons. The van der Waals surface area contributed by atoms with Crippen LogP contribution in [0.5, 0.6) is 0 Å². The number of unbranched alkanes of at least 4 members (excludes halogenated alkanes) is 2. The number of nitrogens with zero attached hydrogens (tertiary/aromatic N) is 2. The van der Waals surface area contributed by atoms with Crippen LogP contribution in [0, 0.1) is 0 Å². The summed E-state index contributed by atoms with van der Waals surface area (Å²) in [7, 11) is -8.77. The third-order valence-electron chi connectivity index (χ3n) is 8.34. The van der Waals surface area contributed by atoms with E-state index in [1.807, 2.05) is 83.2 Å². The first kappa shape index (κ1) is 39.7. The molecule has 0 spiro atoms. The minimum absolute atomic E-state index is 0.0612. The fraction of sp³-hybridized carbons (Fsp3) is 0.394. The number of aryl methyl sites for hydroxylation is 1. The second-order valence-electron chi connectivity index (χ2n) is 11.9. The highest BCUT2D eigenvalue weighted by Crippen LogP contribution is 2.51. The Morgan fingerprint density at radius 2 is 1.74 bits per heavy atom. The Labute approximate surface area is 300 Å². The molecular weight excluding hydrogens is 729 g/mol. The molecule has 1 atom stereocenters. The third-order valence-corrected chi connectivity index (χ3v) is 11.6. The molecule has 0 bridgehead atoms. The average molecular weight is 767 g/mol. The molecule has 4 rings (SSSR count). The molecule has 1 N–H and O–H groups in total. The highest BCUT2D eigenvalue weighted by molar-refractivity contribution is 7.94. The quantitative estimate of drug-likeness (QED) is 0.0320. The van der Waals surface area contributed by atoms with Crippen molar-refractivity contribution in [2.45, 2.75) is 68.7 Å². The summed E-state index contributed by atoms with van der Waals surface area (Å²) < 4.78 is 75.5. The lowest BCUT2D eigenvalue weighted by Crippen LogP contribution is -2.35. The smallest absolute Gasteiger partial charge is 0.303 e. The predicted molar refractivity (Wildman–Crippen MR) is 187 cm³/mol. The standard InChI is InChI=1S/C33H40N2O11S4/c1-33(19-9-3-6-16-32(36)37)26-24-25(48-46-45-38)17-18-27(26)34(20-10-22-49(39,40)41)30(33)14-4-2-5-15-31-35(21-11-23-50(42,43)44)28-12-7-8-13-29(28)47-31/h2,4-5,7-8,12-15,17-18,24H,3,6,9-11,16,19-23H2,1H3,(H3-,36,37,38,39,40,41,42,43,44)/p-2. The van der Waals surface area contributed by atoms with Gasteiger partial charge in [-0.05, 0) is 62.1 Å². The van der Waals surface area contributed by atoms with E-state index in [0.717, 1.165) is 44.2 Å². The number of thiazole rings is 1. The van der Waals surface area contributed by atoms with Crippen LogP contribution >= 0.6 is 23.4 Å². The van der Waals surface area contributed by atoms with E-state index in [2.05, 4.69) is 9.37 Å². The molecule has 0 amide bonds. The summed E-state index contributed by atoms with van der Waals surface area (Å²) in [6.45, 7) is 2.64. The Kier molecular flexibility index (Phi) is 14.2. The van der Waals surface area contributed by atoms with Crippen molar-refractivity contribution in [1.29, 1.82) is 0 Å². The lowest BCUT2D eigenvalue weighted by Gasteiger charge is -2.30. The highest BCUT2D eigenvalue weighted by Gasteiger charge is 2.43. The molecule has 0 fully saturated rings. The monoisotopic (exact) mass is 766 g/mol. The van der Waals surface area contributed by atoms with Gasteiger partial charge in [0.05, 0.1) is 32.3 Å². The Morgan fingerprint density at radius 3 is 2.46 bits per heavy atom. The first-order valence-electron chi connectivity index (χ1n) is 15.8. The number of carboxylic acid groups (broad SMARTS) is 1. The molecular formula is C33H38N2O11S4-2. The summed E-state index contributed by atoms with van der Waals surface area (Å²) in [6, 6.07) is 13.2. The molecule has 1 aromatic heterocycles. The number of para-hydroxylation sites is 1. The van der Waals surface area contributed by atoms with Crippen LogP contribution in [0.15, 0.2) is 77.4 Å². The van der Waals surface area contributed by atoms with E-state index >= 15 is 0 Å². The van der Waals surface area contributed by atoms with Gasteiger partial charge in [0.25, 0.3) is 5.01 Å². The van der Waals surface area contributed by atoms with E-state index in [4.69, 9.17) is 5.11 Å². The van der Waals surface area contributed by atoms with Crippen molar-refractivity contribution in [2.24, 2.45) is 0 Å². The maximum atomic E-state index is 11.5. The number of anilines is 1. The van der Waals surface area contributed by atoms with Crippen molar-refractivity contribution in [2.75, 3.05) is 23.0 Å². The summed E-state index contributed by atoms with van der Waals surface area (Å²) in [6.07, 6.45) is 12.2. The third kappa shape index (κ3) is 11.2. The number of hydrogen-bond acceptors (Lipinski definition) is 13. The minimum Gasteiger partial charge on any atom is -0.748 e. The summed E-state index contributed by atoms with van der Waals surface area (Å²) in [4.78, 5) is 13.7. The number of hydrogen-bond donors (Lipinski definition) is 1. The van der Waals surface area contributed by atoms with E-state index in [1.165, 1.54) is 11.3 Å². The number of fused-ring (bicyclic) bond motifs is 2. The molecule has 3 aromatic rings. The zero-order valence-electron chi connectivity index (χ0n) is 27.3. The van der Waals surface area contributed by atoms with Gasteiger partial charge in [-0.15, -0.1) is 0 Å². The molecule has 0 radical (unpaired) electrons. The normalized spacial score (nSPS) is 17.5. The fourth-order valence-electron chi connectivity index (χ4n) is 6.13. The molecule has 0 aliphatic carbocycles. The van der Waals surface area contributed by atoms with Crippen molar-refractivity contribution in [3.05, 3.63) is 83.0 Å². The average Bonchev–Trinajstić information content (AvgIpc) is 3.50. The van der Waals surface area contributed by atoms with Crippen LogP contribution in [0.3, 0.4) is 0 Å². The zero-order valence-corrected chi connectivity index (χ0v) is 30.5. The predicted octanol–water partition coefficient (Wildman–Crippen LogP) is 4.56. The minimum atomic E-state index is -4.44. The van der Waals surface area contributed by atoms with E-state index in [1.54, 1.807) is 6.07 Å². The van der Waals surface area contributed by atoms with Crippen molar-refractivity contribution in [1.82, 2.24) is 0 Å². The first-order chi connectivity index (χ1) is 23.7. The van der Waals surface area contributed by atoms with E-state index in [0.29, 0.717) is 37.1 Å². The van der Waals surface area contributed by atoms with Gasteiger partial charge < -0.3 is 24.4 Å². The number of aliphatic carboxylic acids is 1. The summed E-state index contributed by atoms with van der Waals surface area (Å²) >= 11 is 2.28. The molecule has 1 aliphatic rings. The molecule has 0 saturated heterocycles. The number of aromatic nitrogens is 1. The summed E-state index contributed by atoms with van der Waals surface area (Å²) in [5, 5.41) is 24.0.